The first kappa shape index (κ1) is 16.0. The van der Waals surface area contributed by atoms with Gasteiger partial charge in [0.15, 0.2) is 0 Å². The highest BCUT2D eigenvalue weighted by Crippen LogP contribution is 2.25. The Morgan fingerprint density at radius 2 is 2.00 bits per heavy atom. The van der Waals surface area contributed by atoms with Gasteiger partial charge in [-0.2, -0.15) is 0 Å². The number of rotatable bonds is 4. The molecule has 0 unspecified atom stereocenters. The number of hydrogen-bond donors (Lipinski definition) is 3. The molecule has 0 aromatic heterocycles. The van der Waals surface area contributed by atoms with E-state index in [1.165, 1.54) is 6.07 Å². The van der Waals surface area contributed by atoms with Gasteiger partial charge in [0, 0.05) is 24.3 Å². The maximum atomic E-state index is 13.5. The Morgan fingerprint density at radius 3 is 2.83 bits per heavy atom. The van der Waals surface area contributed by atoms with Crippen LogP contribution in [-0.4, -0.2) is 18.5 Å². The zero-order valence-electron chi connectivity index (χ0n) is 13.1. The SMILES string of the molecule is O=C1CCc2cc(NC(=O)NCCc3ccccc3F)ccc2N1. The molecular formula is C18H18FN3O2. The van der Waals surface area contributed by atoms with Crippen LogP contribution in [0, 0.1) is 5.82 Å². The molecule has 2 aromatic rings. The molecule has 3 N–H and O–H groups in total. The summed E-state index contributed by atoms with van der Waals surface area (Å²) in [5, 5.41) is 8.25. The Labute approximate surface area is 139 Å². The van der Waals surface area contributed by atoms with Crippen molar-refractivity contribution in [1.29, 1.82) is 0 Å². The van der Waals surface area contributed by atoms with Crippen molar-refractivity contribution in [2.75, 3.05) is 17.2 Å². The Balaban J connectivity index is 1.52. The molecule has 2 aromatic carbocycles. The summed E-state index contributed by atoms with van der Waals surface area (Å²) in [5.74, 6) is -0.259. The molecule has 0 bridgehead atoms. The van der Waals surface area contributed by atoms with E-state index in [1.807, 2.05) is 6.07 Å². The van der Waals surface area contributed by atoms with Crippen LogP contribution in [0.15, 0.2) is 42.5 Å². The van der Waals surface area contributed by atoms with Crippen LogP contribution in [-0.2, 0) is 17.6 Å². The zero-order valence-corrected chi connectivity index (χ0v) is 13.1. The number of urea groups is 1. The maximum absolute atomic E-state index is 13.5. The van der Waals surface area contributed by atoms with E-state index in [4.69, 9.17) is 0 Å². The fourth-order valence-electron chi connectivity index (χ4n) is 2.65. The van der Waals surface area contributed by atoms with Gasteiger partial charge in [-0.1, -0.05) is 18.2 Å². The summed E-state index contributed by atoms with van der Waals surface area (Å²) in [6.45, 7) is 0.341. The molecular weight excluding hydrogens is 309 g/mol. The molecule has 0 saturated heterocycles. The Morgan fingerprint density at radius 1 is 1.17 bits per heavy atom. The first-order chi connectivity index (χ1) is 11.6. The minimum Gasteiger partial charge on any atom is -0.338 e. The standard InChI is InChI=1S/C18H18FN3O2/c19-15-4-2-1-3-12(15)9-10-20-18(24)21-14-6-7-16-13(11-14)5-8-17(23)22-16/h1-4,6-7,11H,5,8-10H2,(H,22,23)(H2,20,21,24). The lowest BCUT2D eigenvalue weighted by molar-refractivity contribution is -0.116. The largest absolute Gasteiger partial charge is 0.338 e. The van der Waals surface area contributed by atoms with Gasteiger partial charge in [-0.25, -0.2) is 9.18 Å². The first-order valence-corrected chi connectivity index (χ1v) is 7.83. The smallest absolute Gasteiger partial charge is 0.319 e. The van der Waals surface area contributed by atoms with Crippen LogP contribution in [0.2, 0.25) is 0 Å². The van der Waals surface area contributed by atoms with Crippen molar-refractivity contribution in [2.24, 2.45) is 0 Å². The molecule has 0 spiro atoms. The monoisotopic (exact) mass is 327 g/mol. The van der Waals surface area contributed by atoms with Crippen LogP contribution >= 0.6 is 0 Å². The van der Waals surface area contributed by atoms with Gasteiger partial charge in [-0.05, 0) is 48.2 Å². The number of anilines is 2. The number of halogens is 1. The number of amides is 3. The van der Waals surface area contributed by atoms with Gasteiger partial charge >= 0.3 is 6.03 Å². The van der Waals surface area contributed by atoms with Crippen molar-refractivity contribution in [3.05, 3.63) is 59.4 Å². The van der Waals surface area contributed by atoms with E-state index >= 15 is 0 Å². The summed E-state index contributed by atoms with van der Waals surface area (Å²) in [7, 11) is 0. The second-order valence-electron chi connectivity index (χ2n) is 5.64. The van der Waals surface area contributed by atoms with Crippen molar-refractivity contribution < 1.29 is 14.0 Å². The number of fused-ring (bicyclic) bond motifs is 1. The molecule has 0 saturated carbocycles. The van der Waals surface area contributed by atoms with E-state index in [0.717, 1.165) is 11.3 Å². The number of aryl methyl sites for hydroxylation is 1. The molecule has 0 aliphatic carbocycles. The summed E-state index contributed by atoms with van der Waals surface area (Å²) >= 11 is 0. The summed E-state index contributed by atoms with van der Waals surface area (Å²) in [5.41, 5.74) is 3.02. The molecule has 0 atom stereocenters. The van der Waals surface area contributed by atoms with Crippen molar-refractivity contribution >= 4 is 23.3 Å². The Hall–Kier alpha value is -2.89. The lowest BCUT2D eigenvalue weighted by Crippen LogP contribution is -2.30. The molecule has 5 nitrogen and oxygen atoms in total. The summed E-state index contributed by atoms with van der Waals surface area (Å²) in [6.07, 6.45) is 1.53. The fraction of sp³-hybridized carbons (Fsp3) is 0.222. The number of carbonyl (C=O) groups is 2. The number of hydrogen-bond acceptors (Lipinski definition) is 2. The summed E-state index contributed by atoms with van der Waals surface area (Å²) in [6, 6.07) is 11.5. The molecule has 3 amide bonds. The van der Waals surface area contributed by atoms with Gasteiger partial charge in [-0.15, -0.1) is 0 Å². The minimum atomic E-state index is -0.342. The molecule has 1 heterocycles. The van der Waals surface area contributed by atoms with Gasteiger partial charge in [-0.3, -0.25) is 4.79 Å². The fourth-order valence-corrected chi connectivity index (χ4v) is 2.65. The highest BCUT2D eigenvalue weighted by molar-refractivity contribution is 5.95. The summed E-state index contributed by atoms with van der Waals surface area (Å²) in [4.78, 5) is 23.3. The second-order valence-corrected chi connectivity index (χ2v) is 5.64. The topological polar surface area (TPSA) is 70.2 Å². The van der Waals surface area contributed by atoms with Crippen molar-refractivity contribution in [2.45, 2.75) is 19.3 Å². The van der Waals surface area contributed by atoms with E-state index in [2.05, 4.69) is 16.0 Å². The lowest BCUT2D eigenvalue weighted by Gasteiger charge is -2.17. The molecule has 1 aliphatic heterocycles. The Bertz CT molecular complexity index is 777. The maximum Gasteiger partial charge on any atom is 0.319 e. The highest BCUT2D eigenvalue weighted by Gasteiger charge is 2.15. The molecule has 6 heteroatoms. The average Bonchev–Trinajstić information content (AvgIpc) is 2.57. The summed E-state index contributed by atoms with van der Waals surface area (Å²) < 4.78 is 13.5. The lowest BCUT2D eigenvalue weighted by atomic mass is 10.0. The third-order valence-corrected chi connectivity index (χ3v) is 3.90. The van der Waals surface area contributed by atoms with Crippen LogP contribution in [0.3, 0.4) is 0 Å². The van der Waals surface area contributed by atoms with Gasteiger partial charge in [0.25, 0.3) is 0 Å². The van der Waals surface area contributed by atoms with E-state index in [9.17, 15) is 14.0 Å². The number of carbonyl (C=O) groups excluding carboxylic acids is 2. The van der Waals surface area contributed by atoms with Crippen LogP contribution in [0.5, 0.6) is 0 Å². The molecule has 3 rings (SSSR count). The second kappa shape index (κ2) is 7.12. The number of nitrogens with one attached hydrogen (secondary N) is 3. The molecule has 1 aliphatic rings. The van der Waals surface area contributed by atoms with Crippen LogP contribution in [0.4, 0.5) is 20.6 Å². The van der Waals surface area contributed by atoms with E-state index in [1.54, 1.807) is 30.3 Å². The highest BCUT2D eigenvalue weighted by atomic mass is 19.1. The molecule has 24 heavy (non-hydrogen) atoms. The molecule has 0 fully saturated rings. The number of benzene rings is 2. The quantitative estimate of drug-likeness (QED) is 0.808. The van der Waals surface area contributed by atoms with E-state index in [-0.39, 0.29) is 17.8 Å². The van der Waals surface area contributed by atoms with Gasteiger partial charge in [0.2, 0.25) is 5.91 Å². The van der Waals surface area contributed by atoms with Crippen LogP contribution in [0.25, 0.3) is 0 Å². The molecule has 124 valence electrons. The normalized spacial score (nSPS) is 13.0. The first-order valence-electron chi connectivity index (χ1n) is 7.83. The molecule has 0 radical (unpaired) electrons. The van der Waals surface area contributed by atoms with Crippen molar-refractivity contribution in [3.8, 4) is 0 Å². The minimum absolute atomic E-state index is 0.00842. The van der Waals surface area contributed by atoms with E-state index < -0.39 is 0 Å². The third kappa shape index (κ3) is 3.90. The van der Waals surface area contributed by atoms with Gasteiger partial charge < -0.3 is 16.0 Å². The third-order valence-electron chi connectivity index (χ3n) is 3.90. The zero-order chi connectivity index (χ0) is 16.9. The van der Waals surface area contributed by atoms with Crippen LogP contribution < -0.4 is 16.0 Å². The Kier molecular flexibility index (Phi) is 4.74. The van der Waals surface area contributed by atoms with Gasteiger partial charge in [0.1, 0.15) is 5.82 Å². The predicted molar refractivity (Wildman–Crippen MR) is 90.5 cm³/mol. The predicted octanol–water partition coefficient (Wildman–Crippen LogP) is 3.07. The van der Waals surface area contributed by atoms with Crippen molar-refractivity contribution in [3.63, 3.8) is 0 Å². The van der Waals surface area contributed by atoms with E-state index in [0.29, 0.717) is 37.1 Å². The van der Waals surface area contributed by atoms with Gasteiger partial charge in [0.05, 0.1) is 0 Å². The van der Waals surface area contributed by atoms with Crippen LogP contribution in [0.1, 0.15) is 17.5 Å². The van der Waals surface area contributed by atoms with Crippen molar-refractivity contribution in [1.82, 2.24) is 5.32 Å². The average molecular weight is 327 g/mol.